The number of thiophene rings is 1. The molecule has 0 unspecified atom stereocenters. The highest BCUT2D eigenvalue weighted by Gasteiger charge is 2.19. The van der Waals surface area contributed by atoms with Crippen LogP contribution in [0.5, 0.6) is 0 Å². The van der Waals surface area contributed by atoms with E-state index in [9.17, 15) is 14.7 Å². The van der Waals surface area contributed by atoms with Gasteiger partial charge in [-0.3, -0.25) is 4.79 Å². The van der Waals surface area contributed by atoms with Gasteiger partial charge in [-0.05, 0) is 17.9 Å². The van der Waals surface area contributed by atoms with Gasteiger partial charge in [0.25, 0.3) is 5.56 Å². The SMILES string of the molecule is CCCn1ncc(-c2cccs2)c(C(=O)O)c1=O. The molecule has 94 valence electrons. The van der Waals surface area contributed by atoms with Crippen LogP contribution in [0, 0.1) is 0 Å². The van der Waals surface area contributed by atoms with Crippen molar-refractivity contribution < 1.29 is 9.90 Å². The lowest BCUT2D eigenvalue weighted by Gasteiger charge is -2.07. The van der Waals surface area contributed by atoms with Crippen LogP contribution in [0.3, 0.4) is 0 Å². The monoisotopic (exact) mass is 264 g/mol. The van der Waals surface area contributed by atoms with Crippen molar-refractivity contribution in [3.05, 3.63) is 39.6 Å². The summed E-state index contributed by atoms with van der Waals surface area (Å²) < 4.78 is 1.19. The van der Waals surface area contributed by atoms with Crippen molar-refractivity contribution in [2.45, 2.75) is 19.9 Å². The number of carboxylic acid groups (broad SMARTS) is 1. The third kappa shape index (κ3) is 2.19. The van der Waals surface area contributed by atoms with Crippen molar-refractivity contribution in [3.8, 4) is 10.4 Å². The number of aryl methyl sites for hydroxylation is 1. The molecule has 0 aliphatic rings. The maximum absolute atomic E-state index is 12.0. The lowest BCUT2D eigenvalue weighted by atomic mass is 10.1. The molecular formula is C12H12N2O3S. The van der Waals surface area contributed by atoms with Crippen LogP contribution in [0.2, 0.25) is 0 Å². The summed E-state index contributed by atoms with van der Waals surface area (Å²) in [6.07, 6.45) is 2.18. The molecule has 0 aliphatic carbocycles. The number of hydrogen-bond acceptors (Lipinski definition) is 4. The number of hydrogen-bond donors (Lipinski definition) is 1. The molecule has 2 rings (SSSR count). The molecule has 0 bridgehead atoms. The summed E-state index contributed by atoms with van der Waals surface area (Å²) in [6.45, 7) is 2.32. The Balaban J connectivity index is 2.66. The molecule has 0 spiro atoms. The number of carbonyl (C=O) groups is 1. The topological polar surface area (TPSA) is 72.2 Å². The maximum Gasteiger partial charge on any atom is 0.342 e. The predicted molar refractivity (Wildman–Crippen MR) is 69.1 cm³/mol. The zero-order chi connectivity index (χ0) is 13.1. The number of aromatic nitrogens is 2. The number of aromatic carboxylic acids is 1. The summed E-state index contributed by atoms with van der Waals surface area (Å²) in [5.74, 6) is -1.21. The van der Waals surface area contributed by atoms with E-state index < -0.39 is 11.5 Å². The van der Waals surface area contributed by atoms with Gasteiger partial charge >= 0.3 is 5.97 Å². The smallest absolute Gasteiger partial charge is 0.342 e. The first-order valence-corrected chi connectivity index (χ1v) is 6.40. The Morgan fingerprint density at radius 1 is 1.56 bits per heavy atom. The van der Waals surface area contributed by atoms with Gasteiger partial charge < -0.3 is 5.11 Å². The van der Waals surface area contributed by atoms with Gasteiger partial charge in [-0.2, -0.15) is 5.10 Å². The van der Waals surface area contributed by atoms with Crippen LogP contribution in [0.1, 0.15) is 23.7 Å². The van der Waals surface area contributed by atoms with Gasteiger partial charge in [-0.1, -0.05) is 13.0 Å². The second kappa shape index (κ2) is 5.14. The molecule has 6 heteroatoms. The predicted octanol–water partition coefficient (Wildman–Crippen LogP) is 2.08. The first-order valence-electron chi connectivity index (χ1n) is 5.52. The van der Waals surface area contributed by atoms with Gasteiger partial charge in [0, 0.05) is 17.0 Å². The van der Waals surface area contributed by atoms with Crippen LogP contribution >= 0.6 is 11.3 Å². The Morgan fingerprint density at radius 3 is 2.89 bits per heavy atom. The molecular weight excluding hydrogens is 252 g/mol. The highest BCUT2D eigenvalue weighted by Crippen LogP contribution is 2.25. The number of carboxylic acids is 1. The van der Waals surface area contributed by atoms with E-state index in [0.29, 0.717) is 12.1 Å². The van der Waals surface area contributed by atoms with E-state index in [0.717, 1.165) is 11.3 Å². The Bertz CT molecular complexity index is 617. The van der Waals surface area contributed by atoms with Crippen LogP contribution in [0.25, 0.3) is 10.4 Å². The molecule has 5 nitrogen and oxygen atoms in total. The Hall–Kier alpha value is -1.95. The Morgan fingerprint density at radius 2 is 2.33 bits per heavy atom. The van der Waals surface area contributed by atoms with E-state index in [1.807, 2.05) is 18.4 Å². The maximum atomic E-state index is 12.0. The first kappa shape index (κ1) is 12.5. The summed E-state index contributed by atoms with van der Waals surface area (Å²) in [5, 5.41) is 15.0. The third-order valence-electron chi connectivity index (χ3n) is 2.48. The number of rotatable bonds is 4. The fraction of sp³-hybridized carbons (Fsp3) is 0.250. The molecule has 0 radical (unpaired) electrons. The summed E-state index contributed by atoms with van der Waals surface area (Å²) in [7, 11) is 0. The first-order chi connectivity index (χ1) is 8.65. The average molecular weight is 264 g/mol. The van der Waals surface area contributed by atoms with Crippen molar-refractivity contribution in [2.75, 3.05) is 0 Å². The van der Waals surface area contributed by atoms with Crippen LogP contribution in [0.4, 0.5) is 0 Å². The van der Waals surface area contributed by atoms with Gasteiger partial charge in [0.2, 0.25) is 0 Å². The minimum atomic E-state index is -1.21. The van der Waals surface area contributed by atoms with Crippen molar-refractivity contribution in [2.24, 2.45) is 0 Å². The fourth-order valence-corrected chi connectivity index (χ4v) is 2.43. The van der Waals surface area contributed by atoms with Crippen LogP contribution in [-0.2, 0) is 6.54 Å². The van der Waals surface area contributed by atoms with Gasteiger partial charge in [-0.15, -0.1) is 11.3 Å². The summed E-state index contributed by atoms with van der Waals surface area (Å²) in [6, 6.07) is 3.58. The van der Waals surface area contributed by atoms with E-state index in [-0.39, 0.29) is 5.56 Å². The molecule has 0 saturated heterocycles. The molecule has 18 heavy (non-hydrogen) atoms. The minimum absolute atomic E-state index is 0.207. The van der Waals surface area contributed by atoms with Crippen LogP contribution < -0.4 is 5.56 Å². The molecule has 0 fully saturated rings. The molecule has 0 saturated carbocycles. The second-order valence-electron chi connectivity index (χ2n) is 3.74. The quantitative estimate of drug-likeness (QED) is 0.917. The van der Waals surface area contributed by atoms with Gasteiger partial charge in [-0.25, -0.2) is 9.48 Å². The van der Waals surface area contributed by atoms with E-state index in [1.165, 1.54) is 22.2 Å². The van der Waals surface area contributed by atoms with Gasteiger partial charge in [0.15, 0.2) is 0 Å². The normalized spacial score (nSPS) is 10.5. The largest absolute Gasteiger partial charge is 0.477 e. The zero-order valence-corrected chi connectivity index (χ0v) is 10.6. The van der Waals surface area contributed by atoms with Crippen molar-refractivity contribution in [1.82, 2.24) is 9.78 Å². The van der Waals surface area contributed by atoms with Crippen LogP contribution in [-0.4, -0.2) is 20.9 Å². The van der Waals surface area contributed by atoms with Crippen molar-refractivity contribution >= 4 is 17.3 Å². The highest BCUT2D eigenvalue weighted by atomic mass is 32.1. The van der Waals surface area contributed by atoms with Crippen LogP contribution in [0.15, 0.2) is 28.5 Å². The van der Waals surface area contributed by atoms with E-state index in [1.54, 1.807) is 6.07 Å². The molecule has 2 aromatic heterocycles. The van der Waals surface area contributed by atoms with E-state index in [4.69, 9.17) is 0 Å². The zero-order valence-electron chi connectivity index (χ0n) is 9.79. The highest BCUT2D eigenvalue weighted by molar-refractivity contribution is 7.13. The molecule has 0 atom stereocenters. The second-order valence-corrected chi connectivity index (χ2v) is 4.69. The van der Waals surface area contributed by atoms with Crippen molar-refractivity contribution in [1.29, 1.82) is 0 Å². The number of nitrogens with zero attached hydrogens (tertiary/aromatic N) is 2. The molecule has 0 aliphatic heterocycles. The minimum Gasteiger partial charge on any atom is -0.477 e. The summed E-state index contributed by atoms with van der Waals surface area (Å²) in [4.78, 5) is 24.0. The Kier molecular flexibility index (Phi) is 3.57. The van der Waals surface area contributed by atoms with Gasteiger partial charge in [0.05, 0.1) is 6.20 Å². The summed E-state index contributed by atoms with van der Waals surface area (Å²) in [5.41, 5.74) is -0.369. The van der Waals surface area contributed by atoms with Crippen molar-refractivity contribution in [3.63, 3.8) is 0 Å². The fourth-order valence-electron chi connectivity index (χ4n) is 1.69. The molecule has 2 aromatic rings. The average Bonchev–Trinajstić information content (AvgIpc) is 2.84. The Labute approximate surface area is 107 Å². The lowest BCUT2D eigenvalue weighted by molar-refractivity contribution is 0.0694. The molecule has 1 N–H and O–H groups in total. The molecule has 0 amide bonds. The molecule has 0 aromatic carbocycles. The standard InChI is InChI=1S/C12H12N2O3S/c1-2-5-14-11(15)10(12(16)17)8(7-13-14)9-4-3-6-18-9/h3-4,6-7H,2,5H2,1H3,(H,16,17). The molecule has 2 heterocycles. The van der Waals surface area contributed by atoms with E-state index >= 15 is 0 Å². The van der Waals surface area contributed by atoms with Gasteiger partial charge in [0.1, 0.15) is 5.56 Å². The summed E-state index contributed by atoms with van der Waals surface area (Å²) >= 11 is 1.38. The third-order valence-corrected chi connectivity index (χ3v) is 3.38. The lowest BCUT2D eigenvalue weighted by Crippen LogP contribution is -2.29. The van der Waals surface area contributed by atoms with E-state index in [2.05, 4.69) is 5.10 Å².